The van der Waals surface area contributed by atoms with Gasteiger partial charge in [0.25, 0.3) is 0 Å². The minimum absolute atomic E-state index is 0.00398. The number of thiazole rings is 1. The highest BCUT2D eigenvalue weighted by Crippen LogP contribution is 2.37. The van der Waals surface area contributed by atoms with E-state index in [2.05, 4.69) is 30.4 Å². The summed E-state index contributed by atoms with van der Waals surface area (Å²) in [5.41, 5.74) is 3.00. The molecule has 0 unspecified atom stereocenters. The number of carbonyl (C=O) groups excluding carboxylic acids is 1. The zero-order valence-corrected chi connectivity index (χ0v) is 17.2. The number of fused-ring (bicyclic) bond motifs is 1. The summed E-state index contributed by atoms with van der Waals surface area (Å²) >= 11 is 4.99. The van der Waals surface area contributed by atoms with Crippen LogP contribution in [0.2, 0.25) is 0 Å². The van der Waals surface area contributed by atoms with Crippen LogP contribution in [-0.2, 0) is 11.2 Å². The van der Waals surface area contributed by atoms with Gasteiger partial charge in [-0.3, -0.25) is 4.79 Å². The number of thiophene rings is 1. The lowest BCUT2D eigenvalue weighted by Crippen LogP contribution is -2.13. The van der Waals surface area contributed by atoms with Crippen molar-refractivity contribution in [2.45, 2.75) is 18.2 Å². The average Bonchev–Trinajstić information content (AvgIpc) is 3.29. The molecular formula is C21H18N2OS3. The number of anilines is 1. The van der Waals surface area contributed by atoms with Crippen LogP contribution >= 0.6 is 34.4 Å². The summed E-state index contributed by atoms with van der Waals surface area (Å²) in [6, 6.07) is 18.3. The molecule has 0 radical (unpaired) electrons. The molecular weight excluding hydrogens is 392 g/mol. The number of hydrogen-bond donors (Lipinski definition) is 1. The van der Waals surface area contributed by atoms with Crippen molar-refractivity contribution < 1.29 is 4.79 Å². The molecule has 0 aliphatic carbocycles. The fraction of sp³-hybridized carbons (Fsp3) is 0.143. The van der Waals surface area contributed by atoms with E-state index in [0.717, 1.165) is 37.1 Å². The average molecular weight is 411 g/mol. The van der Waals surface area contributed by atoms with E-state index >= 15 is 0 Å². The molecule has 27 heavy (non-hydrogen) atoms. The first kappa shape index (κ1) is 18.2. The number of rotatable bonds is 6. The molecule has 0 aliphatic heterocycles. The van der Waals surface area contributed by atoms with Gasteiger partial charge < -0.3 is 5.32 Å². The summed E-state index contributed by atoms with van der Waals surface area (Å²) in [5, 5.41) is 6.85. The molecule has 136 valence electrons. The predicted molar refractivity (Wildman–Crippen MR) is 118 cm³/mol. The van der Waals surface area contributed by atoms with E-state index in [1.807, 2.05) is 41.8 Å². The fourth-order valence-corrected chi connectivity index (χ4v) is 5.32. The molecule has 2 heterocycles. The Morgan fingerprint density at radius 2 is 1.93 bits per heavy atom. The Bertz CT molecular complexity index is 1030. The van der Waals surface area contributed by atoms with Crippen molar-refractivity contribution >= 4 is 55.6 Å². The van der Waals surface area contributed by atoms with Crippen molar-refractivity contribution in [1.82, 2.24) is 4.98 Å². The Hall–Kier alpha value is -2.15. The van der Waals surface area contributed by atoms with E-state index in [1.54, 1.807) is 23.1 Å². The molecule has 1 N–H and O–H groups in total. The van der Waals surface area contributed by atoms with E-state index in [1.165, 1.54) is 16.2 Å². The molecule has 4 rings (SSSR count). The van der Waals surface area contributed by atoms with Crippen LogP contribution in [0.3, 0.4) is 0 Å². The first-order valence-electron chi connectivity index (χ1n) is 8.68. The number of aromatic nitrogens is 1. The smallest absolute Gasteiger partial charge is 0.229 e. The Morgan fingerprint density at radius 1 is 1.11 bits per heavy atom. The first-order chi connectivity index (χ1) is 13.2. The van der Waals surface area contributed by atoms with Gasteiger partial charge in [-0.05, 0) is 47.0 Å². The zero-order valence-electron chi connectivity index (χ0n) is 14.8. The van der Waals surface area contributed by atoms with Crippen molar-refractivity contribution in [3.63, 3.8) is 0 Å². The molecule has 3 nitrogen and oxygen atoms in total. The summed E-state index contributed by atoms with van der Waals surface area (Å²) < 4.78 is 1.15. The number of nitrogens with zero attached hydrogens (tertiary/aromatic N) is 1. The maximum absolute atomic E-state index is 12.5. The molecule has 0 spiro atoms. The van der Waals surface area contributed by atoms with Crippen LogP contribution in [0.15, 0.2) is 64.9 Å². The molecule has 0 atom stereocenters. The molecule has 0 aliphatic rings. The standard InChI is InChI=1S/C21H18N2OS3/c1-2-25-15-9-7-14(8-10-15)13-19(24)23-20-16(11-12-26-20)21-22-17-5-3-4-6-18(17)27-21/h3-12H,2,13H2,1H3,(H,23,24). The highest BCUT2D eigenvalue weighted by atomic mass is 32.2. The van der Waals surface area contributed by atoms with Gasteiger partial charge in [0, 0.05) is 10.5 Å². The number of para-hydroxylation sites is 1. The Morgan fingerprint density at radius 3 is 2.70 bits per heavy atom. The lowest BCUT2D eigenvalue weighted by atomic mass is 10.1. The Kier molecular flexibility index (Phi) is 5.57. The third kappa shape index (κ3) is 4.24. The maximum atomic E-state index is 12.5. The van der Waals surface area contributed by atoms with Crippen molar-refractivity contribution in [1.29, 1.82) is 0 Å². The summed E-state index contributed by atoms with van der Waals surface area (Å²) in [5.74, 6) is 1.04. The van der Waals surface area contributed by atoms with Gasteiger partial charge in [0.1, 0.15) is 10.0 Å². The molecule has 0 bridgehead atoms. The van der Waals surface area contributed by atoms with Crippen LogP contribution in [0.25, 0.3) is 20.8 Å². The number of carbonyl (C=O) groups is 1. The normalized spacial score (nSPS) is 11.0. The molecule has 0 fully saturated rings. The van der Waals surface area contributed by atoms with Crippen LogP contribution < -0.4 is 5.32 Å². The summed E-state index contributed by atoms with van der Waals surface area (Å²) in [6.07, 6.45) is 0.369. The number of amides is 1. The van der Waals surface area contributed by atoms with E-state index in [4.69, 9.17) is 4.98 Å². The molecule has 6 heteroatoms. The quantitative estimate of drug-likeness (QED) is 0.378. The second-order valence-electron chi connectivity index (χ2n) is 5.95. The zero-order chi connectivity index (χ0) is 18.6. The van der Waals surface area contributed by atoms with Crippen LogP contribution in [-0.4, -0.2) is 16.6 Å². The van der Waals surface area contributed by atoms with E-state index in [-0.39, 0.29) is 5.91 Å². The molecule has 2 aromatic carbocycles. The van der Waals surface area contributed by atoms with E-state index in [0.29, 0.717) is 6.42 Å². The highest BCUT2D eigenvalue weighted by Gasteiger charge is 2.14. The SMILES string of the molecule is CCSc1ccc(CC(=O)Nc2sccc2-c2nc3ccccc3s2)cc1. The Balaban J connectivity index is 1.48. The number of benzene rings is 2. The lowest BCUT2D eigenvalue weighted by Gasteiger charge is -2.06. The van der Waals surface area contributed by atoms with Gasteiger partial charge in [-0.2, -0.15) is 0 Å². The minimum atomic E-state index is -0.00398. The third-order valence-corrected chi connectivity index (χ3v) is 6.84. The van der Waals surface area contributed by atoms with Gasteiger partial charge in [-0.25, -0.2) is 4.98 Å². The van der Waals surface area contributed by atoms with Crippen LogP contribution in [0.4, 0.5) is 5.00 Å². The van der Waals surface area contributed by atoms with E-state index in [9.17, 15) is 4.79 Å². The van der Waals surface area contributed by atoms with Gasteiger partial charge in [0.15, 0.2) is 0 Å². The van der Waals surface area contributed by atoms with Gasteiger partial charge in [-0.15, -0.1) is 34.4 Å². The maximum Gasteiger partial charge on any atom is 0.229 e. The third-order valence-electron chi connectivity index (χ3n) is 4.04. The summed E-state index contributed by atoms with van der Waals surface area (Å²) in [4.78, 5) is 18.5. The second kappa shape index (κ2) is 8.25. The van der Waals surface area contributed by atoms with Crippen molar-refractivity contribution in [3.05, 3.63) is 65.5 Å². The van der Waals surface area contributed by atoms with Crippen molar-refractivity contribution in [2.75, 3.05) is 11.1 Å². The molecule has 1 amide bonds. The van der Waals surface area contributed by atoms with Gasteiger partial charge >= 0.3 is 0 Å². The van der Waals surface area contributed by atoms with Crippen LogP contribution in [0, 0.1) is 0 Å². The highest BCUT2D eigenvalue weighted by molar-refractivity contribution is 7.99. The number of hydrogen-bond acceptors (Lipinski definition) is 5. The van der Waals surface area contributed by atoms with Crippen molar-refractivity contribution in [3.8, 4) is 10.6 Å². The minimum Gasteiger partial charge on any atom is -0.317 e. The molecule has 0 saturated heterocycles. The number of thioether (sulfide) groups is 1. The molecule has 2 aromatic heterocycles. The molecule has 4 aromatic rings. The summed E-state index contributed by atoms with van der Waals surface area (Å²) in [6.45, 7) is 2.13. The first-order valence-corrected chi connectivity index (χ1v) is 11.4. The van der Waals surface area contributed by atoms with Gasteiger partial charge in [0.2, 0.25) is 5.91 Å². The van der Waals surface area contributed by atoms with Crippen LogP contribution in [0.1, 0.15) is 12.5 Å². The van der Waals surface area contributed by atoms with Gasteiger partial charge in [-0.1, -0.05) is 31.2 Å². The van der Waals surface area contributed by atoms with E-state index < -0.39 is 0 Å². The molecule has 0 saturated carbocycles. The van der Waals surface area contributed by atoms with Crippen molar-refractivity contribution in [2.24, 2.45) is 0 Å². The second-order valence-corrected chi connectivity index (χ2v) is 9.24. The largest absolute Gasteiger partial charge is 0.317 e. The monoisotopic (exact) mass is 410 g/mol. The summed E-state index contributed by atoms with van der Waals surface area (Å²) in [7, 11) is 0. The predicted octanol–water partition coefficient (Wildman–Crippen LogP) is 6.32. The number of nitrogens with one attached hydrogen (secondary N) is 1. The van der Waals surface area contributed by atoms with Gasteiger partial charge in [0.05, 0.1) is 16.6 Å². The lowest BCUT2D eigenvalue weighted by molar-refractivity contribution is -0.115. The Labute approximate surface area is 170 Å². The topological polar surface area (TPSA) is 42.0 Å². The fourth-order valence-electron chi connectivity index (χ4n) is 2.79. The van der Waals surface area contributed by atoms with Crippen LogP contribution in [0.5, 0.6) is 0 Å².